The van der Waals surface area contributed by atoms with Crippen molar-refractivity contribution in [2.75, 3.05) is 27.4 Å². The molecule has 222 valence electrons. The van der Waals surface area contributed by atoms with Gasteiger partial charge in [-0.05, 0) is 62.7 Å². The van der Waals surface area contributed by atoms with Gasteiger partial charge in [0.05, 0.1) is 54.8 Å². The molecule has 0 bridgehead atoms. The molecule has 0 spiro atoms. The summed E-state index contributed by atoms with van der Waals surface area (Å²) in [5.41, 5.74) is 2.22. The molecule has 3 heterocycles. The van der Waals surface area contributed by atoms with Gasteiger partial charge < -0.3 is 23.4 Å². The Kier molecular flexibility index (Phi) is 8.63. The highest BCUT2D eigenvalue weighted by Gasteiger charge is 2.34. The van der Waals surface area contributed by atoms with Gasteiger partial charge in [0.2, 0.25) is 0 Å². The van der Waals surface area contributed by atoms with Crippen molar-refractivity contribution >= 4 is 29.4 Å². The van der Waals surface area contributed by atoms with Crippen LogP contribution in [0.25, 0.3) is 17.4 Å². The predicted octanol–water partition coefficient (Wildman–Crippen LogP) is 4.25. The first-order valence-corrected chi connectivity index (χ1v) is 14.4. The summed E-state index contributed by atoms with van der Waals surface area (Å²) in [4.78, 5) is 44.1. The van der Waals surface area contributed by atoms with Gasteiger partial charge >= 0.3 is 11.9 Å². The van der Waals surface area contributed by atoms with Crippen LogP contribution in [0.1, 0.15) is 48.5 Å². The molecule has 0 aliphatic carbocycles. The molecule has 1 aliphatic rings. The van der Waals surface area contributed by atoms with Crippen LogP contribution in [0.15, 0.2) is 80.1 Å². The van der Waals surface area contributed by atoms with E-state index in [1.807, 2.05) is 0 Å². The fourth-order valence-electron chi connectivity index (χ4n) is 4.83. The molecular formula is C32H30N2O8S. The van der Waals surface area contributed by atoms with Gasteiger partial charge in [-0.3, -0.25) is 9.36 Å². The molecule has 0 fully saturated rings. The SMILES string of the molecule is CCOC(=O)C1=C(C)N=c2s/c(=C/c3ccc(-c4ccc(C(=O)OCC)cc4)o3)c(=O)n2[C@H]1c1ccc(OC)c(OC)c1. The van der Waals surface area contributed by atoms with Crippen molar-refractivity contribution in [3.05, 3.63) is 102 Å². The molecule has 0 amide bonds. The minimum Gasteiger partial charge on any atom is -0.493 e. The lowest BCUT2D eigenvalue weighted by Gasteiger charge is -2.25. The summed E-state index contributed by atoms with van der Waals surface area (Å²) in [7, 11) is 3.06. The third-order valence-corrected chi connectivity index (χ3v) is 7.80. The summed E-state index contributed by atoms with van der Waals surface area (Å²) in [6.07, 6.45) is 1.65. The Morgan fingerprint density at radius 2 is 1.65 bits per heavy atom. The van der Waals surface area contributed by atoms with Gasteiger partial charge in [-0.2, -0.15) is 0 Å². The summed E-state index contributed by atoms with van der Waals surface area (Å²) in [6, 6.07) is 14.9. The number of nitrogens with zero attached hydrogens (tertiary/aromatic N) is 2. The van der Waals surface area contributed by atoms with E-state index in [9.17, 15) is 14.4 Å². The van der Waals surface area contributed by atoms with Crippen molar-refractivity contribution in [3.63, 3.8) is 0 Å². The number of thiazole rings is 1. The molecule has 2 aromatic heterocycles. The zero-order chi connectivity index (χ0) is 30.7. The van der Waals surface area contributed by atoms with E-state index in [0.717, 1.165) is 5.56 Å². The van der Waals surface area contributed by atoms with Crippen molar-refractivity contribution in [1.29, 1.82) is 0 Å². The first-order chi connectivity index (χ1) is 20.8. The zero-order valence-corrected chi connectivity index (χ0v) is 25.2. The number of carbonyl (C=O) groups excluding carboxylic acids is 2. The van der Waals surface area contributed by atoms with Crippen molar-refractivity contribution in [2.24, 2.45) is 4.99 Å². The smallest absolute Gasteiger partial charge is 0.338 e. The van der Waals surface area contributed by atoms with E-state index >= 15 is 0 Å². The number of allylic oxidation sites excluding steroid dienone is 1. The molecule has 2 aromatic carbocycles. The monoisotopic (exact) mass is 602 g/mol. The van der Waals surface area contributed by atoms with E-state index in [1.54, 1.807) is 81.4 Å². The number of ether oxygens (including phenoxy) is 4. The molecule has 5 rings (SSSR count). The van der Waals surface area contributed by atoms with Crippen LogP contribution >= 0.6 is 11.3 Å². The number of furan rings is 1. The quantitative estimate of drug-likeness (QED) is 0.261. The number of fused-ring (bicyclic) bond motifs is 1. The number of rotatable bonds is 9. The maximum absolute atomic E-state index is 13.9. The van der Waals surface area contributed by atoms with E-state index in [-0.39, 0.29) is 17.7 Å². The maximum atomic E-state index is 13.9. The van der Waals surface area contributed by atoms with Gasteiger partial charge in [0.1, 0.15) is 11.5 Å². The molecule has 1 atom stereocenters. The van der Waals surface area contributed by atoms with Crippen LogP contribution in [0.5, 0.6) is 11.5 Å². The number of hydrogen-bond acceptors (Lipinski definition) is 10. The Morgan fingerprint density at radius 3 is 2.33 bits per heavy atom. The summed E-state index contributed by atoms with van der Waals surface area (Å²) >= 11 is 1.19. The normalized spacial score (nSPS) is 14.6. The Hall–Kier alpha value is -4.90. The van der Waals surface area contributed by atoms with E-state index in [4.69, 9.17) is 23.4 Å². The molecule has 0 saturated carbocycles. The minimum absolute atomic E-state index is 0.172. The van der Waals surface area contributed by atoms with Crippen LogP contribution in [0.3, 0.4) is 0 Å². The summed E-state index contributed by atoms with van der Waals surface area (Å²) in [6.45, 7) is 5.67. The Labute approximate surface area is 251 Å². The second kappa shape index (κ2) is 12.5. The van der Waals surface area contributed by atoms with Crippen LogP contribution in [0.4, 0.5) is 0 Å². The Balaban J connectivity index is 1.57. The third kappa shape index (κ3) is 5.76. The van der Waals surface area contributed by atoms with Crippen molar-refractivity contribution in [2.45, 2.75) is 26.8 Å². The number of hydrogen-bond donors (Lipinski definition) is 0. The molecule has 0 saturated heterocycles. The number of aromatic nitrogens is 1. The van der Waals surface area contributed by atoms with Gasteiger partial charge in [0.15, 0.2) is 16.3 Å². The first kappa shape index (κ1) is 29.6. The van der Waals surface area contributed by atoms with Crippen LogP contribution in [0.2, 0.25) is 0 Å². The molecule has 4 aromatic rings. The lowest BCUT2D eigenvalue weighted by Crippen LogP contribution is -2.39. The molecule has 0 N–H and O–H groups in total. The topological polar surface area (TPSA) is 119 Å². The lowest BCUT2D eigenvalue weighted by atomic mass is 9.95. The first-order valence-electron chi connectivity index (χ1n) is 13.6. The number of methoxy groups -OCH3 is 2. The van der Waals surface area contributed by atoms with Crippen molar-refractivity contribution in [3.8, 4) is 22.8 Å². The van der Waals surface area contributed by atoms with Gasteiger partial charge in [-0.25, -0.2) is 14.6 Å². The zero-order valence-electron chi connectivity index (χ0n) is 24.3. The van der Waals surface area contributed by atoms with Gasteiger partial charge in [0.25, 0.3) is 5.56 Å². The molecule has 11 heteroatoms. The highest BCUT2D eigenvalue weighted by molar-refractivity contribution is 7.07. The number of benzene rings is 2. The van der Waals surface area contributed by atoms with E-state index in [0.29, 0.717) is 55.8 Å². The largest absolute Gasteiger partial charge is 0.493 e. The molecular weight excluding hydrogens is 572 g/mol. The van der Waals surface area contributed by atoms with Gasteiger partial charge in [-0.1, -0.05) is 29.5 Å². The molecule has 43 heavy (non-hydrogen) atoms. The second-order valence-electron chi connectivity index (χ2n) is 9.42. The van der Waals surface area contributed by atoms with Crippen LogP contribution < -0.4 is 24.4 Å². The molecule has 10 nitrogen and oxygen atoms in total. The van der Waals surface area contributed by atoms with Crippen molar-refractivity contribution < 1.29 is 33.0 Å². The standard InChI is InChI=1S/C32H30N2O8S/c1-6-40-30(36)20-10-8-19(9-11-20)23-15-13-22(42-23)17-26-29(35)34-28(21-12-14-24(38-4)25(16-21)39-5)27(31(37)41-7-2)18(3)33-32(34)43-26/h8-17,28H,6-7H2,1-5H3/b26-17+/t28-/m0/s1. The van der Waals surface area contributed by atoms with Crippen LogP contribution in [-0.2, 0) is 14.3 Å². The Morgan fingerprint density at radius 1 is 0.953 bits per heavy atom. The second-order valence-corrected chi connectivity index (χ2v) is 10.4. The summed E-state index contributed by atoms with van der Waals surface area (Å²) in [5.74, 6) is 1.05. The van der Waals surface area contributed by atoms with Gasteiger partial charge in [0, 0.05) is 11.6 Å². The lowest BCUT2D eigenvalue weighted by molar-refractivity contribution is -0.139. The molecule has 0 unspecified atom stereocenters. The average molecular weight is 603 g/mol. The van der Waals surface area contributed by atoms with Crippen LogP contribution in [0, 0.1) is 0 Å². The third-order valence-electron chi connectivity index (χ3n) is 6.82. The fraction of sp³-hybridized carbons (Fsp3) is 0.250. The van der Waals surface area contributed by atoms with E-state index < -0.39 is 18.0 Å². The van der Waals surface area contributed by atoms with Crippen LogP contribution in [-0.4, -0.2) is 43.9 Å². The molecule has 1 aliphatic heterocycles. The summed E-state index contributed by atoms with van der Waals surface area (Å²) < 4.78 is 29.2. The Bertz CT molecular complexity index is 1900. The van der Waals surface area contributed by atoms with Gasteiger partial charge in [-0.15, -0.1) is 0 Å². The van der Waals surface area contributed by atoms with E-state index in [1.165, 1.54) is 30.1 Å². The predicted molar refractivity (Wildman–Crippen MR) is 160 cm³/mol. The highest BCUT2D eigenvalue weighted by atomic mass is 32.1. The fourth-order valence-corrected chi connectivity index (χ4v) is 5.86. The number of carbonyl (C=O) groups is 2. The highest BCUT2D eigenvalue weighted by Crippen LogP contribution is 2.36. The minimum atomic E-state index is -0.803. The number of esters is 2. The van der Waals surface area contributed by atoms with E-state index in [2.05, 4.69) is 4.99 Å². The molecule has 0 radical (unpaired) electrons. The maximum Gasteiger partial charge on any atom is 0.338 e. The average Bonchev–Trinajstić information content (AvgIpc) is 3.60. The van der Waals surface area contributed by atoms with Crippen molar-refractivity contribution in [1.82, 2.24) is 4.57 Å². The summed E-state index contributed by atoms with van der Waals surface area (Å²) in [5, 5.41) is 0.